The van der Waals surface area contributed by atoms with Crippen LogP contribution in [-0.2, 0) is 14.4 Å². The first-order valence-corrected chi connectivity index (χ1v) is 15.2. The molecular formula is C31H43N3O4S. The number of hydrogen-bond donors (Lipinski definition) is 1. The standard InChI is InChI=1S/C31H43N3O4S/c1-6-13-21(5)32(18-7-2)30(38)27-31-17-16-24(39-31)25(26(31)29(37)34(27)22(9-4)20-35)28(36)33(19-8-3)23-14-11-10-12-15-23/h7-8,10-12,14-15,21-22,24-27,35H,2-3,6,9,13,16-20H2,1,4-5H3/t21?,22-,24-,25+,26-,27?,31?/m0/s1. The van der Waals surface area contributed by atoms with Crippen molar-refractivity contribution in [3.8, 4) is 0 Å². The zero-order valence-corrected chi connectivity index (χ0v) is 24.3. The zero-order chi connectivity index (χ0) is 28.3. The van der Waals surface area contributed by atoms with E-state index in [1.165, 1.54) is 0 Å². The molecule has 3 aliphatic heterocycles. The summed E-state index contributed by atoms with van der Waals surface area (Å²) in [7, 11) is 0. The molecule has 1 N–H and O–H groups in total. The highest BCUT2D eigenvalue weighted by Crippen LogP contribution is 2.67. The molecule has 0 saturated carbocycles. The number of anilines is 1. The van der Waals surface area contributed by atoms with Crippen molar-refractivity contribution in [2.75, 3.05) is 24.6 Å². The van der Waals surface area contributed by atoms with Gasteiger partial charge in [-0.15, -0.1) is 24.9 Å². The molecule has 1 aromatic rings. The minimum atomic E-state index is -0.719. The quantitative estimate of drug-likeness (QED) is 0.369. The average molecular weight is 554 g/mol. The van der Waals surface area contributed by atoms with Gasteiger partial charge >= 0.3 is 0 Å². The molecule has 3 saturated heterocycles. The molecule has 4 rings (SSSR count). The van der Waals surface area contributed by atoms with Gasteiger partial charge in [0.25, 0.3) is 0 Å². The van der Waals surface area contributed by atoms with Crippen LogP contribution in [0.3, 0.4) is 0 Å². The summed E-state index contributed by atoms with van der Waals surface area (Å²) in [5.74, 6) is -1.49. The molecule has 0 aliphatic carbocycles. The van der Waals surface area contributed by atoms with Gasteiger partial charge in [-0.05, 0) is 44.7 Å². The fraction of sp³-hybridized carbons (Fsp3) is 0.581. The minimum Gasteiger partial charge on any atom is -0.394 e. The van der Waals surface area contributed by atoms with Crippen LogP contribution in [0.5, 0.6) is 0 Å². The van der Waals surface area contributed by atoms with Gasteiger partial charge in [-0.25, -0.2) is 0 Å². The number of aliphatic hydroxyl groups is 1. The SMILES string of the molecule is C=CCN(C(=O)[C@@H]1[C@@H]2CCC3(S2)C(C(=O)N(CC=C)C(C)CCC)N([C@@H](CC)CO)C(=O)[C@H]13)c1ccccc1. The molecule has 3 fully saturated rings. The highest BCUT2D eigenvalue weighted by molar-refractivity contribution is 8.02. The Morgan fingerprint density at radius 2 is 1.87 bits per heavy atom. The van der Waals surface area contributed by atoms with E-state index in [4.69, 9.17) is 0 Å². The maximum Gasteiger partial charge on any atom is 0.247 e. The van der Waals surface area contributed by atoms with Crippen LogP contribution in [0.15, 0.2) is 55.6 Å². The molecule has 3 amide bonds. The van der Waals surface area contributed by atoms with Crippen molar-refractivity contribution in [3.63, 3.8) is 0 Å². The largest absolute Gasteiger partial charge is 0.394 e. The third-order valence-corrected chi connectivity index (χ3v) is 10.8. The summed E-state index contributed by atoms with van der Waals surface area (Å²) in [5.41, 5.74) is 0.770. The zero-order valence-electron chi connectivity index (χ0n) is 23.5. The van der Waals surface area contributed by atoms with Gasteiger partial charge in [0.1, 0.15) is 6.04 Å². The lowest BCUT2D eigenvalue weighted by molar-refractivity contribution is -0.146. The van der Waals surface area contributed by atoms with E-state index in [1.54, 1.807) is 33.7 Å². The van der Waals surface area contributed by atoms with E-state index in [-0.39, 0.29) is 35.6 Å². The summed E-state index contributed by atoms with van der Waals surface area (Å²) in [4.78, 5) is 48.4. The predicted molar refractivity (Wildman–Crippen MR) is 157 cm³/mol. The Kier molecular flexibility index (Phi) is 9.27. The van der Waals surface area contributed by atoms with Crippen LogP contribution in [0.25, 0.3) is 0 Å². The molecule has 39 heavy (non-hydrogen) atoms. The Bertz CT molecular complexity index is 1080. The number of carbonyl (C=O) groups is 3. The molecule has 1 spiro atoms. The summed E-state index contributed by atoms with van der Waals surface area (Å²) >= 11 is 1.67. The number of fused-ring (bicyclic) bond motifs is 1. The second-order valence-electron chi connectivity index (χ2n) is 11.0. The van der Waals surface area contributed by atoms with Crippen LogP contribution in [0.4, 0.5) is 5.69 Å². The number of amides is 3. The Balaban J connectivity index is 1.78. The van der Waals surface area contributed by atoms with E-state index in [0.29, 0.717) is 25.9 Å². The van der Waals surface area contributed by atoms with Crippen LogP contribution in [0.1, 0.15) is 52.9 Å². The number of benzene rings is 1. The third kappa shape index (κ3) is 4.95. The maximum atomic E-state index is 14.5. The van der Waals surface area contributed by atoms with Crippen molar-refractivity contribution in [2.24, 2.45) is 11.8 Å². The number of rotatable bonds is 13. The summed E-state index contributed by atoms with van der Waals surface area (Å²) < 4.78 is -0.691. The van der Waals surface area contributed by atoms with Gasteiger partial charge in [0.05, 0.1) is 29.2 Å². The van der Waals surface area contributed by atoms with Gasteiger partial charge < -0.3 is 19.8 Å². The monoisotopic (exact) mass is 553 g/mol. The molecule has 1 aromatic carbocycles. The first-order chi connectivity index (χ1) is 18.8. The number of thioether (sulfide) groups is 1. The molecule has 0 aromatic heterocycles. The number of para-hydroxylation sites is 1. The van der Waals surface area contributed by atoms with E-state index in [9.17, 15) is 19.5 Å². The highest BCUT2D eigenvalue weighted by atomic mass is 32.2. The highest BCUT2D eigenvalue weighted by Gasteiger charge is 2.74. The molecule has 2 bridgehead atoms. The number of nitrogens with zero attached hydrogens (tertiary/aromatic N) is 3. The lowest BCUT2D eigenvalue weighted by Gasteiger charge is -2.41. The molecule has 3 aliphatic rings. The average Bonchev–Trinajstić information content (AvgIpc) is 3.59. The van der Waals surface area contributed by atoms with Gasteiger partial charge in [0.2, 0.25) is 17.7 Å². The van der Waals surface area contributed by atoms with E-state index in [0.717, 1.165) is 24.9 Å². The van der Waals surface area contributed by atoms with E-state index in [1.807, 2.05) is 49.1 Å². The van der Waals surface area contributed by atoms with Gasteiger partial charge in [0.15, 0.2) is 0 Å². The van der Waals surface area contributed by atoms with Crippen LogP contribution >= 0.6 is 11.8 Å². The number of aliphatic hydroxyl groups excluding tert-OH is 1. The second kappa shape index (κ2) is 12.3. The van der Waals surface area contributed by atoms with E-state index < -0.39 is 28.7 Å². The van der Waals surface area contributed by atoms with Gasteiger partial charge in [-0.3, -0.25) is 14.4 Å². The molecular weight excluding hydrogens is 510 g/mol. The van der Waals surface area contributed by atoms with Crippen molar-refractivity contribution in [1.29, 1.82) is 0 Å². The lowest BCUT2D eigenvalue weighted by Crippen LogP contribution is -2.58. The summed E-state index contributed by atoms with van der Waals surface area (Å²) in [6.45, 7) is 14.3. The minimum absolute atomic E-state index is 0.00991. The van der Waals surface area contributed by atoms with Crippen molar-refractivity contribution < 1.29 is 19.5 Å². The van der Waals surface area contributed by atoms with Gasteiger partial charge in [-0.1, -0.05) is 50.6 Å². The summed E-state index contributed by atoms with van der Waals surface area (Å²) in [6.07, 6.45) is 7.23. The lowest BCUT2D eigenvalue weighted by atomic mass is 9.70. The van der Waals surface area contributed by atoms with E-state index in [2.05, 4.69) is 20.1 Å². The smallest absolute Gasteiger partial charge is 0.247 e. The number of hydrogen-bond acceptors (Lipinski definition) is 5. The topological polar surface area (TPSA) is 81.2 Å². The van der Waals surface area contributed by atoms with Crippen LogP contribution in [0.2, 0.25) is 0 Å². The molecule has 7 atom stereocenters. The van der Waals surface area contributed by atoms with Crippen LogP contribution in [-0.4, -0.2) is 80.4 Å². The molecule has 7 nitrogen and oxygen atoms in total. The molecule has 212 valence electrons. The van der Waals surface area contributed by atoms with Gasteiger partial charge in [-0.2, -0.15) is 0 Å². The fourth-order valence-corrected chi connectivity index (χ4v) is 9.25. The van der Waals surface area contributed by atoms with E-state index >= 15 is 0 Å². The third-order valence-electron chi connectivity index (χ3n) is 8.83. The molecule has 3 heterocycles. The Morgan fingerprint density at radius 3 is 2.46 bits per heavy atom. The maximum absolute atomic E-state index is 14.5. The molecule has 8 heteroatoms. The van der Waals surface area contributed by atoms with Gasteiger partial charge in [0, 0.05) is 30.1 Å². The Labute approximate surface area is 237 Å². The normalized spacial score (nSPS) is 28.6. The van der Waals surface area contributed by atoms with Crippen molar-refractivity contribution in [3.05, 3.63) is 55.6 Å². The summed E-state index contributed by atoms with van der Waals surface area (Å²) in [6, 6.07) is 8.28. The fourth-order valence-electron chi connectivity index (χ4n) is 7.06. The number of likely N-dealkylation sites (tertiary alicyclic amines) is 1. The summed E-state index contributed by atoms with van der Waals surface area (Å²) in [5, 5.41) is 10.3. The number of carbonyl (C=O) groups excluding carboxylic acids is 3. The molecule has 3 unspecified atom stereocenters. The van der Waals surface area contributed by atoms with Crippen LogP contribution in [0, 0.1) is 11.8 Å². The molecule has 0 radical (unpaired) electrons. The van der Waals surface area contributed by atoms with Crippen molar-refractivity contribution >= 4 is 35.2 Å². The first-order valence-electron chi connectivity index (χ1n) is 14.3. The van der Waals surface area contributed by atoms with Crippen LogP contribution < -0.4 is 4.90 Å². The Hall–Kier alpha value is -2.58. The first kappa shape index (κ1) is 29.4. The van der Waals surface area contributed by atoms with Crippen molar-refractivity contribution in [2.45, 2.75) is 81.0 Å². The second-order valence-corrected chi connectivity index (χ2v) is 12.6. The van der Waals surface area contributed by atoms with Crippen molar-refractivity contribution in [1.82, 2.24) is 9.80 Å². The Morgan fingerprint density at radius 1 is 1.18 bits per heavy atom. The predicted octanol–water partition coefficient (Wildman–Crippen LogP) is 4.27.